The zero-order chi connectivity index (χ0) is 12.6. The number of rotatable bonds is 3. The van der Waals surface area contributed by atoms with Crippen molar-refractivity contribution in [1.82, 2.24) is 9.88 Å². The van der Waals surface area contributed by atoms with Crippen LogP contribution in [0.1, 0.15) is 30.9 Å². The Bertz CT molecular complexity index is 407. The van der Waals surface area contributed by atoms with Crippen molar-refractivity contribution in [2.45, 2.75) is 25.3 Å². The summed E-state index contributed by atoms with van der Waals surface area (Å²) < 4.78 is 4.94. The molecule has 0 spiro atoms. The predicted octanol–water partition coefficient (Wildman–Crippen LogP) is 2.26. The van der Waals surface area contributed by atoms with Crippen LogP contribution in [0.25, 0.3) is 0 Å². The molecule has 1 aromatic heterocycles. The minimum atomic E-state index is 0.476. The number of hydrogen-bond donors (Lipinski definition) is 0. The fourth-order valence-corrected chi connectivity index (χ4v) is 2.41. The monoisotopic (exact) mass is 244 g/mol. The molecular formula is C15H20N2O. The van der Waals surface area contributed by atoms with Gasteiger partial charge >= 0.3 is 0 Å². The molecule has 1 atom stereocenters. The van der Waals surface area contributed by atoms with Crippen LogP contribution < -0.4 is 0 Å². The Morgan fingerprint density at radius 2 is 2.39 bits per heavy atom. The van der Waals surface area contributed by atoms with E-state index < -0.39 is 0 Å². The third kappa shape index (κ3) is 3.56. The van der Waals surface area contributed by atoms with E-state index in [4.69, 9.17) is 4.74 Å². The average molecular weight is 244 g/mol. The van der Waals surface area contributed by atoms with Gasteiger partial charge in [0, 0.05) is 25.5 Å². The number of ether oxygens (including phenoxy) is 1. The van der Waals surface area contributed by atoms with E-state index in [1.54, 1.807) is 7.11 Å². The van der Waals surface area contributed by atoms with Gasteiger partial charge in [-0.1, -0.05) is 24.3 Å². The summed E-state index contributed by atoms with van der Waals surface area (Å²) >= 11 is 0. The van der Waals surface area contributed by atoms with Crippen LogP contribution in [0.2, 0.25) is 0 Å². The first-order valence-electron chi connectivity index (χ1n) is 6.50. The largest absolute Gasteiger partial charge is 0.372 e. The van der Waals surface area contributed by atoms with Crippen molar-refractivity contribution in [3.8, 4) is 11.8 Å². The van der Waals surface area contributed by atoms with Crippen molar-refractivity contribution in [2.24, 2.45) is 0 Å². The highest BCUT2D eigenvalue weighted by molar-refractivity contribution is 5.16. The number of methoxy groups -OCH3 is 1. The third-order valence-corrected chi connectivity index (χ3v) is 3.31. The maximum absolute atomic E-state index is 4.94. The molecule has 2 rings (SSSR count). The summed E-state index contributed by atoms with van der Waals surface area (Å²) in [6.07, 6.45) is 7.57. The second-order valence-electron chi connectivity index (χ2n) is 4.55. The van der Waals surface area contributed by atoms with Crippen LogP contribution in [0.4, 0.5) is 0 Å². The maximum atomic E-state index is 4.94. The molecule has 96 valence electrons. The van der Waals surface area contributed by atoms with Crippen LogP contribution in [0.15, 0.2) is 24.5 Å². The van der Waals surface area contributed by atoms with Crippen molar-refractivity contribution in [1.29, 1.82) is 0 Å². The molecule has 0 N–H and O–H groups in total. The highest BCUT2D eigenvalue weighted by Crippen LogP contribution is 2.29. The van der Waals surface area contributed by atoms with E-state index in [-0.39, 0.29) is 0 Å². The van der Waals surface area contributed by atoms with Gasteiger partial charge in [0.1, 0.15) is 6.61 Å². The quantitative estimate of drug-likeness (QED) is 0.763. The number of piperidine rings is 1. The molecule has 0 amide bonds. The Labute approximate surface area is 109 Å². The Hall–Kier alpha value is -1.37. The minimum absolute atomic E-state index is 0.476. The van der Waals surface area contributed by atoms with Gasteiger partial charge in [0.2, 0.25) is 0 Å². The van der Waals surface area contributed by atoms with E-state index in [9.17, 15) is 0 Å². The van der Waals surface area contributed by atoms with Crippen molar-refractivity contribution in [3.63, 3.8) is 0 Å². The van der Waals surface area contributed by atoms with Crippen molar-refractivity contribution in [3.05, 3.63) is 30.1 Å². The molecular weight excluding hydrogens is 224 g/mol. The lowest BCUT2D eigenvalue weighted by atomic mass is 9.96. The molecule has 2 heterocycles. The number of aromatic nitrogens is 1. The van der Waals surface area contributed by atoms with Gasteiger partial charge in [0.05, 0.1) is 6.54 Å². The first-order chi connectivity index (χ1) is 8.92. The first kappa shape index (κ1) is 13.1. The molecule has 1 fully saturated rings. The number of likely N-dealkylation sites (tertiary alicyclic amines) is 1. The highest BCUT2D eigenvalue weighted by atomic mass is 16.5. The zero-order valence-corrected chi connectivity index (χ0v) is 10.9. The molecule has 0 aliphatic carbocycles. The van der Waals surface area contributed by atoms with E-state index in [1.807, 2.05) is 18.5 Å². The third-order valence-electron chi connectivity index (χ3n) is 3.31. The van der Waals surface area contributed by atoms with Crippen molar-refractivity contribution < 1.29 is 4.74 Å². The average Bonchev–Trinajstić information content (AvgIpc) is 2.45. The lowest BCUT2D eigenvalue weighted by molar-refractivity contribution is 0.168. The fraction of sp³-hybridized carbons (Fsp3) is 0.533. The summed E-state index contributed by atoms with van der Waals surface area (Å²) in [6, 6.07) is 4.65. The molecule has 18 heavy (non-hydrogen) atoms. The van der Waals surface area contributed by atoms with Crippen molar-refractivity contribution in [2.75, 3.05) is 26.8 Å². The van der Waals surface area contributed by atoms with E-state index in [1.165, 1.54) is 24.8 Å². The molecule has 0 radical (unpaired) electrons. The van der Waals surface area contributed by atoms with E-state index in [2.05, 4.69) is 27.8 Å². The van der Waals surface area contributed by atoms with Crippen LogP contribution in [-0.4, -0.2) is 36.7 Å². The standard InChI is InChI=1S/C15H20N2O/c1-18-12-5-4-11-17-10-3-2-8-15(17)14-7-6-9-16-13-14/h6-7,9,13,15H,2-3,8,10-12H2,1H3/t15-/m0/s1. The van der Waals surface area contributed by atoms with Crippen LogP contribution >= 0.6 is 0 Å². The van der Waals surface area contributed by atoms with Gasteiger partial charge in [-0.3, -0.25) is 9.88 Å². The molecule has 0 bridgehead atoms. The van der Waals surface area contributed by atoms with Crippen LogP contribution in [-0.2, 0) is 4.74 Å². The molecule has 1 aliphatic heterocycles. The topological polar surface area (TPSA) is 25.4 Å². The van der Waals surface area contributed by atoms with Crippen LogP contribution in [0.5, 0.6) is 0 Å². The molecule has 0 unspecified atom stereocenters. The molecule has 3 nitrogen and oxygen atoms in total. The fourth-order valence-electron chi connectivity index (χ4n) is 2.41. The van der Waals surface area contributed by atoms with Gasteiger partial charge in [-0.05, 0) is 31.0 Å². The number of nitrogens with zero attached hydrogens (tertiary/aromatic N) is 2. The summed E-state index contributed by atoms with van der Waals surface area (Å²) in [7, 11) is 1.67. The smallest absolute Gasteiger partial charge is 0.107 e. The molecule has 3 heteroatoms. The van der Waals surface area contributed by atoms with Gasteiger partial charge < -0.3 is 4.74 Å². The lowest BCUT2D eigenvalue weighted by Crippen LogP contribution is -2.33. The van der Waals surface area contributed by atoms with Gasteiger partial charge in [-0.25, -0.2) is 0 Å². The zero-order valence-electron chi connectivity index (χ0n) is 10.9. The molecule has 0 aromatic carbocycles. The SMILES string of the molecule is COCC#CCN1CCCC[C@H]1c1cccnc1. The number of hydrogen-bond acceptors (Lipinski definition) is 3. The van der Waals surface area contributed by atoms with Crippen molar-refractivity contribution >= 4 is 0 Å². The Morgan fingerprint density at radius 1 is 1.44 bits per heavy atom. The Balaban J connectivity index is 2.01. The summed E-state index contributed by atoms with van der Waals surface area (Å²) in [5, 5.41) is 0. The minimum Gasteiger partial charge on any atom is -0.372 e. The summed E-state index contributed by atoms with van der Waals surface area (Å²) in [5.74, 6) is 6.21. The summed E-state index contributed by atoms with van der Waals surface area (Å²) in [5.41, 5.74) is 1.31. The van der Waals surface area contributed by atoms with Gasteiger partial charge in [-0.15, -0.1) is 0 Å². The van der Waals surface area contributed by atoms with Gasteiger partial charge in [-0.2, -0.15) is 0 Å². The normalized spacial score (nSPS) is 20.2. The molecule has 1 aliphatic rings. The summed E-state index contributed by atoms with van der Waals surface area (Å²) in [4.78, 5) is 6.67. The van der Waals surface area contributed by atoms with Crippen LogP contribution in [0, 0.1) is 11.8 Å². The van der Waals surface area contributed by atoms with Crippen LogP contribution in [0.3, 0.4) is 0 Å². The first-order valence-corrected chi connectivity index (χ1v) is 6.50. The lowest BCUT2D eigenvalue weighted by Gasteiger charge is -2.34. The second-order valence-corrected chi connectivity index (χ2v) is 4.55. The Morgan fingerprint density at radius 3 is 3.17 bits per heavy atom. The van der Waals surface area contributed by atoms with Gasteiger partial charge in [0.25, 0.3) is 0 Å². The molecule has 1 aromatic rings. The number of pyridine rings is 1. The summed E-state index contributed by atoms with van der Waals surface area (Å²) in [6.45, 7) is 2.47. The Kier molecular flexibility index (Phi) is 5.19. The van der Waals surface area contributed by atoms with E-state index in [0.29, 0.717) is 12.6 Å². The maximum Gasteiger partial charge on any atom is 0.107 e. The molecule has 1 saturated heterocycles. The van der Waals surface area contributed by atoms with E-state index >= 15 is 0 Å². The second kappa shape index (κ2) is 7.15. The predicted molar refractivity (Wildman–Crippen MR) is 72.1 cm³/mol. The van der Waals surface area contributed by atoms with E-state index in [0.717, 1.165) is 13.1 Å². The highest BCUT2D eigenvalue weighted by Gasteiger charge is 2.22. The van der Waals surface area contributed by atoms with Gasteiger partial charge in [0.15, 0.2) is 0 Å². The molecule has 0 saturated carbocycles.